The van der Waals surface area contributed by atoms with Crippen molar-refractivity contribution in [2.75, 3.05) is 0 Å². The first-order valence-electron chi connectivity index (χ1n) is 9.24. The van der Waals surface area contributed by atoms with E-state index in [0.29, 0.717) is 5.56 Å². The van der Waals surface area contributed by atoms with Gasteiger partial charge in [-0.15, -0.1) is 0 Å². The van der Waals surface area contributed by atoms with Gasteiger partial charge < -0.3 is 8.98 Å². The number of nitrogens with zero attached hydrogens (tertiary/aromatic N) is 1. The van der Waals surface area contributed by atoms with Crippen molar-refractivity contribution in [1.29, 1.82) is 0 Å². The fraction of sp³-hybridized carbons (Fsp3) is 0. The first-order valence-corrected chi connectivity index (χ1v) is 9.24. The summed E-state index contributed by atoms with van der Waals surface area (Å²) in [5, 5.41) is 4.37. The van der Waals surface area contributed by atoms with Crippen molar-refractivity contribution < 1.29 is 9.21 Å². The molecule has 0 spiro atoms. The molecule has 0 N–H and O–H groups in total. The fourth-order valence-corrected chi connectivity index (χ4v) is 4.23. The molecule has 0 fully saturated rings. The number of carbonyl (C=O) groups is 1. The van der Waals surface area contributed by atoms with Gasteiger partial charge in [0.25, 0.3) is 0 Å². The number of rotatable bonds is 2. The van der Waals surface area contributed by atoms with Gasteiger partial charge in [0.05, 0.1) is 16.4 Å². The topological polar surface area (TPSA) is 35.1 Å². The zero-order chi connectivity index (χ0) is 18.7. The van der Waals surface area contributed by atoms with E-state index < -0.39 is 0 Å². The Balaban J connectivity index is 1.88. The fourth-order valence-electron chi connectivity index (χ4n) is 4.23. The van der Waals surface area contributed by atoms with Crippen LogP contribution in [0.4, 0.5) is 0 Å². The molecule has 0 amide bonds. The van der Waals surface area contributed by atoms with E-state index in [-0.39, 0.29) is 0 Å². The third-order valence-electron chi connectivity index (χ3n) is 5.45. The number of hydrogen-bond acceptors (Lipinski definition) is 2. The van der Waals surface area contributed by atoms with Crippen molar-refractivity contribution in [1.82, 2.24) is 4.57 Å². The lowest BCUT2D eigenvalue weighted by atomic mass is 10.1. The summed E-state index contributed by atoms with van der Waals surface area (Å²) >= 11 is 0. The molecule has 0 aliphatic carbocycles. The summed E-state index contributed by atoms with van der Waals surface area (Å²) in [6.45, 7) is 0. The maximum absolute atomic E-state index is 11.4. The molecule has 132 valence electrons. The Morgan fingerprint density at radius 1 is 0.714 bits per heavy atom. The quantitative estimate of drug-likeness (QED) is 0.330. The molecule has 0 aliphatic rings. The van der Waals surface area contributed by atoms with Crippen LogP contribution in [-0.4, -0.2) is 10.9 Å². The molecule has 3 nitrogen and oxygen atoms in total. The summed E-state index contributed by atoms with van der Waals surface area (Å²) in [4.78, 5) is 11.4. The SMILES string of the molecule is O=Cc1ccc2c3c4oc5ccccc5c4ccc3n(-c3ccccc3)c2c1. The third-order valence-corrected chi connectivity index (χ3v) is 5.45. The van der Waals surface area contributed by atoms with E-state index >= 15 is 0 Å². The highest BCUT2D eigenvalue weighted by Crippen LogP contribution is 2.40. The number of carbonyl (C=O) groups excluding carboxylic acids is 1. The van der Waals surface area contributed by atoms with E-state index in [1.807, 2.05) is 54.6 Å². The van der Waals surface area contributed by atoms with E-state index in [1.165, 1.54) is 0 Å². The molecule has 3 heteroatoms. The van der Waals surface area contributed by atoms with Crippen molar-refractivity contribution in [3.05, 3.63) is 90.5 Å². The summed E-state index contributed by atoms with van der Waals surface area (Å²) in [5.74, 6) is 0. The second-order valence-corrected chi connectivity index (χ2v) is 7.00. The van der Waals surface area contributed by atoms with Gasteiger partial charge in [-0.05, 0) is 36.4 Å². The van der Waals surface area contributed by atoms with Crippen molar-refractivity contribution >= 4 is 50.0 Å². The van der Waals surface area contributed by atoms with Crippen LogP contribution in [0.15, 0.2) is 89.3 Å². The molecule has 28 heavy (non-hydrogen) atoms. The van der Waals surface area contributed by atoms with Crippen LogP contribution in [0.3, 0.4) is 0 Å². The molecule has 2 heterocycles. The number of hydrogen-bond donors (Lipinski definition) is 0. The average molecular weight is 361 g/mol. The van der Waals surface area contributed by atoms with Gasteiger partial charge in [-0.1, -0.05) is 48.5 Å². The zero-order valence-corrected chi connectivity index (χ0v) is 14.9. The lowest BCUT2D eigenvalue weighted by Crippen LogP contribution is -1.93. The maximum Gasteiger partial charge on any atom is 0.150 e. The largest absolute Gasteiger partial charge is 0.455 e. The molecule has 0 saturated heterocycles. The molecule has 2 aromatic heterocycles. The Kier molecular flexibility index (Phi) is 3.03. The highest BCUT2D eigenvalue weighted by molar-refractivity contribution is 6.24. The molecule has 0 bridgehead atoms. The van der Waals surface area contributed by atoms with E-state index in [0.717, 1.165) is 55.7 Å². The highest BCUT2D eigenvalue weighted by atomic mass is 16.3. The number of fused-ring (bicyclic) bond motifs is 7. The van der Waals surface area contributed by atoms with Gasteiger partial charge in [-0.3, -0.25) is 4.79 Å². The van der Waals surface area contributed by atoms with Gasteiger partial charge in [0.1, 0.15) is 17.5 Å². The predicted molar refractivity (Wildman–Crippen MR) is 113 cm³/mol. The molecule has 6 aromatic rings. The average Bonchev–Trinajstić information content (AvgIpc) is 3.29. The van der Waals surface area contributed by atoms with E-state index in [2.05, 4.69) is 34.9 Å². The minimum atomic E-state index is 0.660. The summed E-state index contributed by atoms with van der Waals surface area (Å²) in [6.07, 6.45) is 0.892. The minimum absolute atomic E-state index is 0.660. The molecule has 6 rings (SSSR count). The first-order chi connectivity index (χ1) is 13.8. The molecular weight excluding hydrogens is 346 g/mol. The number of para-hydroxylation sites is 2. The Hall–Kier alpha value is -3.85. The zero-order valence-electron chi connectivity index (χ0n) is 14.9. The monoisotopic (exact) mass is 361 g/mol. The number of aromatic nitrogens is 1. The second kappa shape index (κ2) is 5.57. The van der Waals surface area contributed by atoms with Crippen molar-refractivity contribution in [3.8, 4) is 5.69 Å². The van der Waals surface area contributed by atoms with Gasteiger partial charge in [0.2, 0.25) is 0 Å². The summed E-state index contributed by atoms with van der Waals surface area (Å²) < 4.78 is 8.50. The van der Waals surface area contributed by atoms with Crippen LogP contribution in [0.5, 0.6) is 0 Å². The minimum Gasteiger partial charge on any atom is -0.455 e. The smallest absolute Gasteiger partial charge is 0.150 e. The van der Waals surface area contributed by atoms with Crippen molar-refractivity contribution in [2.45, 2.75) is 0 Å². The Morgan fingerprint density at radius 2 is 1.50 bits per heavy atom. The lowest BCUT2D eigenvalue weighted by Gasteiger charge is -2.07. The maximum atomic E-state index is 11.4. The number of furan rings is 1. The van der Waals surface area contributed by atoms with E-state index in [9.17, 15) is 4.79 Å². The molecule has 0 atom stereocenters. The van der Waals surface area contributed by atoms with Crippen LogP contribution >= 0.6 is 0 Å². The Bertz CT molecular complexity index is 1520. The Labute approximate surface area is 160 Å². The number of aldehydes is 1. The van der Waals surface area contributed by atoms with E-state index in [4.69, 9.17) is 4.42 Å². The summed E-state index contributed by atoms with van der Waals surface area (Å²) in [5.41, 5.74) is 5.55. The van der Waals surface area contributed by atoms with Crippen LogP contribution < -0.4 is 0 Å². The van der Waals surface area contributed by atoms with Crippen molar-refractivity contribution in [3.63, 3.8) is 0 Å². The first kappa shape index (κ1) is 15.2. The van der Waals surface area contributed by atoms with Crippen LogP contribution in [-0.2, 0) is 0 Å². The third kappa shape index (κ3) is 1.96. The second-order valence-electron chi connectivity index (χ2n) is 7.00. The number of benzene rings is 4. The van der Waals surface area contributed by atoms with E-state index in [1.54, 1.807) is 0 Å². The molecule has 0 aliphatic heterocycles. The van der Waals surface area contributed by atoms with Crippen LogP contribution in [0, 0.1) is 0 Å². The lowest BCUT2D eigenvalue weighted by molar-refractivity contribution is 0.112. The van der Waals surface area contributed by atoms with Gasteiger partial charge >= 0.3 is 0 Å². The predicted octanol–water partition coefficient (Wildman–Crippen LogP) is 6.50. The molecule has 0 saturated carbocycles. The van der Waals surface area contributed by atoms with Gasteiger partial charge in [0.15, 0.2) is 0 Å². The normalized spacial score (nSPS) is 11.7. The van der Waals surface area contributed by atoms with Crippen LogP contribution in [0.1, 0.15) is 10.4 Å². The highest BCUT2D eigenvalue weighted by Gasteiger charge is 2.18. The van der Waals surface area contributed by atoms with Gasteiger partial charge in [0, 0.05) is 27.4 Å². The molecular formula is C25H15NO2. The molecule has 4 aromatic carbocycles. The molecule has 0 radical (unpaired) electrons. The molecule has 0 unspecified atom stereocenters. The van der Waals surface area contributed by atoms with Crippen LogP contribution in [0.2, 0.25) is 0 Å². The Morgan fingerprint density at radius 3 is 2.36 bits per heavy atom. The van der Waals surface area contributed by atoms with Crippen LogP contribution in [0.25, 0.3) is 49.4 Å². The summed E-state index contributed by atoms with van der Waals surface area (Å²) in [7, 11) is 0. The van der Waals surface area contributed by atoms with Gasteiger partial charge in [-0.25, -0.2) is 0 Å². The van der Waals surface area contributed by atoms with Gasteiger partial charge in [-0.2, -0.15) is 0 Å². The standard InChI is InChI=1S/C25H15NO2/c27-15-16-10-11-20-22(14-16)26(17-6-2-1-3-7-17)21-13-12-19-18-8-4-5-9-23(18)28-25(19)24(20)21/h1-15H. The summed E-state index contributed by atoms with van der Waals surface area (Å²) in [6, 6.07) is 28.4. The van der Waals surface area contributed by atoms with Crippen molar-refractivity contribution in [2.24, 2.45) is 0 Å².